The first-order valence-corrected chi connectivity index (χ1v) is 9.73. The summed E-state index contributed by atoms with van der Waals surface area (Å²) in [5, 5.41) is 0. The minimum Gasteiger partial charge on any atom is -0.497 e. The summed E-state index contributed by atoms with van der Waals surface area (Å²) in [4.78, 5) is 42.9. The Balaban J connectivity index is 2.36. The number of H-pyrrole nitrogens is 1. The summed E-state index contributed by atoms with van der Waals surface area (Å²) in [5.41, 5.74) is 2.15. The number of methoxy groups -OCH3 is 1. The molecule has 0 aliphatic rings. The number of carbonyl (C=O) groups excluding carboxylic acids is 3. The van der Waals surface area contributed by atoms with Crippen molar-refractivity contribution in [3.63, 3.8) is 0 Å². The van der Waals surface area contributed by atoms with E-state index < -0.39 is 12.0 Å². The minimum atomic E-state index is -0.763. The van der Waals surface area contributed by atoms with Gasteiger partial charge in [0.2, 0.25) is 0 Å². The zero-order valence-corrected chi connectivity index (χ0v) is 18.1. The van der Waals surface area contributed by atoms with Gasteiger partial charge in [-0.05, 0) is 57.5 Å². The van der Waals surface area contributed by atoms with E-state index in [0.29, 0.717) is 28.1 Å². The number of benzene rings is 1. The average molecular weight is 412 g/mol. The lowest BCUT2D eigenvalue weighted by Crippen LogP contribution is -2.43. The van der Waals surface area contributed by atoms with Crippen molar-refractivity contribution in [2.45, 2.75) is 33.7 Å². The number of carbonyl (C=O) groups is 3. The number of nitrogens with zero attached hydrogens (tertiary/aromatic N) is 1. The van der Waals surface area contributed by atoms with Crippen molar-refractivity contribution < 1.29 is 23.9 Å². The summed E-state index contributed by atoms with van der Waals surface area (Å²) < 4.78 is 10.2. The maximum atomic E-state index is 13.3. The molecule has 2 aromatic rings. The van der Waals surface area contributed by atoms with Gasteiger partial charge in [-0.25, -0.2) is 4.79 Å². The van der Waals surface area contributed by atoms with E-state index in [2.05, 4.69) is 11.6 Å². The number of esters is 1. The molecule has 0 unspecified atom stereocenters. The smallest absolute Gasteiger partial charge is 0.355 e. The Morgan fingerprint density at radius 1 is 1.20 bits per heavy atom. The Kier molecular flexibility index (Phi) is 7.58. The number of ether oxygens (including phenoxy) is 2. The Morgan fingerprint density at radius 2 is 1.83 bits per heavy atom. The molecule has 1 N–H and O–H groups in total. The average Bonchev–Trinajstić information content (AvgIpc) is 3.04. The molecule has 0 aliphatic carbocycles. The van der Waals surface area contributed by atoms with Gasteiger partial charge in [-0.1, -0.05) is 6.08 Å². The van der Waals surface area contributed by atoms with Crippen LogP contribution in [0.15, 0.2) is 36.9 Å². The van der Waals surface area contributed by atoms with Crippen LogP contribution in [0.5, 0.6) is 5.75 Å². The highest BCUT2D eigenvalue weighted by Crippen LogP contribution is 2.23. The molecule has 0 saturated heterocycles. The monoisotopic (exact) mass is 412 g/mol. The third kappa shape index (κ3) is 4.62. The van der Waals surface area contributed by atoms with Gasteiger partial charge in [0.15, 0.2) is 5.78 Å². The van der Waals surface area contributed by atoms with E-state index in [1.165, 1.54) is 4.90 Å². The van der Waals surface area contributed by atoms with Crippen LogP contribution in [0.25, 0.3) is 0 Å². The Labute approximate surface area is 176 Å². The van der Waals surface area contributed by atoms with Crippen molar-refractivity contribution in [3.8, 4) is 5.75 Å². The van der Waals surface area contributed by atoms with E-state index in [1.807, 2.05) is 0 Å². The molecule has 1 atom stereocenters. The van der Waals surface area contributed by atoms with Gasteiger partial charge < -0.3 is 19.4 Å². The third-order valence-electron chi connectivity index (χ3n) is 4.93. The predicted molar refractivity (Wildman–Crippen MR) is 114 cm³/mol. The quantitative estimate of drug-likeness (QED) is 0.385. The van der Waals surface area contributed by atoms with Gasteiger partial charge in [-0.3, -0.25) is 9.59 Å². The molecule has 160 valence electrons. The highest BCUT2D eigenvalue weighted by molar-refractivity contribution is 6.07. The van der Waals surface area contributed by atoms with Crippen LogP contribution in [0, 0.1) is 13.8 Å². The first-order valence-electron chi connectivity index (χ1n) is 9.73. The fraction of sp³-hybridized carbons (Fsp3) is 0.348. The van der Waals surface area contributed by atoms with Gasteiger partial charge in [0.25, 0.3) is 5.91 Å². The summed E-state index contributed by atoms with van der Waals surface area (Å²) in [6, 6.07) is 5.93. The molecular weight excluding hydrogens is 384 g/mol. The summed E-state index contributed by atoms with van der Waals surface area (Å²) in [6.45, 7) is 10.9. The molecule has 0 aliphatic heterocycles. The van der Waals surface area contributed by atoms with E-state index in [1.54, 1.807) is 65.1 Å². The lowest BCUT2D eigenvalue weighted by atomic mass is 9.99. The van der Waals surface area contributed by atoms with E-state index in [4.69, 9.17) is 9.47 Å². The van der Waals surface area contributed by atoms with Gasteiger partial charge in [-0.15, -0.1) is 6.58 Å². The lowest BCUT2D eigenvalue weighted by Gasteiger charge is -2.27. The molecule has 1 amide bonds. The number of rotatable bonds is 9. The maximum Gasteiger partial charge on any atom is 0.355 e. The largest absolute Gasteiger partial charge is 0.497 e. The number of hydrogen-bond acceptors (Lipinski definition) is 5. The Bertz CT molecular complexity index is 943. The Morgan fingerprint density at radius 3 is 2.37 bits per heavy atom. The number of aromatic amines is 1. The zero-order valence-electron chi connectivity index (χ0n) is 18.1. The number of Topliss-reactive ketones (excluding diaryl/α,β-unsaturated/α-hetero) is 1. The van der Waals surface area contributed by atoms with Gasteiger partial charge >= 0.3 is 5.97 Å². The van der Waals surface area contributed by atoms with E-state index >= 15 is 0 Å². The lowest BCUT2D eigenvalue weighted by molar-refractivity contribution is 0.0519. The van der Waals surface area contributed by atoms with Crippen molar-refractivity contribution in [1.29, 1.82) is 0 Å². The second-order valence-electron chi connectivity index (χ2n) is 6.86. The first-order chi connectivity index (χ1) is 14.3. The molecule has 7 nitrogen and oxygen atoms in total. The normalized spacial score (nSPS) is 11.5. The molecule has 0 bridgehead atoms. The first kappa shape index (κ1) is 22.9. The second-order valence-corrected chi connectivity index (χ2v) is 6.86. The van der Waals surface area contributed by atoms with Crippen LogP contribution >= 0.6 is 0 Å². The molecule has 0 radical (unpaired) electrons. The highest BCUT2D eigenvalue weighted by Gasteiger charge is 2.31. The number of hydrogen-bond donors (Lipinski definition) is 1. The van der Waals surface area contributed by atoms with Gasteiger partial charge in [0, 0.05) is 23.4 Å². The molecule has 30 heavy (non-hydrogen) atoms. The molecule has 0 fully saturated rings. The number of aromatic nitrogens is 1. The number of nitrogens with one attached hydrogen (secondary N) is 1. The van der Waals surface area contributed by atoms with Crippen molar-refractivity contribution in [3.05, 3.63) is 65.0 Å². The van der Waals surface area contributed by atoms with Crippen molar-refractivity contribution in [1.82, 2.24) is 9.88 Å². The maximum absolute atomic E-state index is 13.3. The van der Waals surface area contributed by atoms with Crippen LogP contribution in [-0.2, 0) is 4.74 Å². The van der Waals surface area contributed by atoms with Crippen LogP contribution < -0.4 is 4.74 Å². The molecule has 0 spiro atoms. The fourth-order valence-electron chi connectivity index (χ4n) is 3.33. The van der Waals surface area contributed by atoms with Crippen molar-refractivity contribution >= 4 is 17.7 Å². The van der Waals surface area contributed by atoms with Crippen LogP contribution in [-0.4, -0.2) is 53.8 Å². The third-order valence-corrected chi connectivity index (χ3v) is 4.93. The molecular formula is C23H28N2O5. The second kappa shape index (κ2) is 9.91. The molecule has 0 saturated carbocycles. The predicted octanol–water partition coefficient (Wildman–Crippen LogP) is 3.72. The van der Waals surface area contributed by atoms with E-state index in [-0.39, 0.29) is 30.5 Å². The van der Waals surface area contributed by atoms with Crippen molar-refractivity contribution in [2.24, 2.45) is 0 Å². The van der Waals surface area contributed by atoms with E-state index in [0.717, 1.165) is 0 Å². The van der Waals surface area contributed by atoms with Gasteiger partial charge in [-0.2, -0.15) is 0 Å². The topological polar surface area (TPSA) is 88.7 Å². The Hall–Kier alpha value is -3.35. The van der Waals surface area contributed by atoms with Crippen LogP contribution in [0.2, 0.25) is 0 Å². The molecule has 1 heterocycles. The van der Waals surface area contributed by atoms with E-state index in [9.17, 15) is 14.4 Å². The fourth-order valence-corrected chi connectivity index (χ4v) is 3.33. The molecule has 1 aromatic heterocycles. The summed E-state index contributed by atoms with van der Waals surface area (Å²) in [7, 11) is 1.55. The molecule has 2 rings (SSSR count). The molecule has 7 heteroatoms. The van der Waals surface area contributed by atoms with Crippen LogP contribution in [0.4, 0.5) is 0 Å². The summed E-state index contributed by atoms with van der Waals surface area (Å²) >= 11 is 0. The van der Waals surface area contributed by atoms with Crippen LogP contribution in [0.1, 0.15) is 56.3 Å². The summed E-state index contributed by atoms with van der Waals surface area (Å²) in [5.74, 6) is -0.437. The number of amides is 1. The van der Waals surface area contributed by atoms with Gasteiger partial charge in [0.1, 0.15) is 11.4 Å². The van der Waals surface area contributed by atoms with Crippen LogP contribution in [0.3, 0.4) is 0 Å². The zero-order chi connectivity index (χ0) is 22.4. The SMILES string of the molecule is C=CCN(C(=O)c1ccc(OC)cc1)[C@H](C)C(=O)c1c(C)[nH]c(C(=O)OCC)c1C. The highest BCUT2D eigenvalue weighted by atomic mass is 16.5. The molecule has 1 aromatic carbocycles. The number of aryl methyl sites for hydroxylation is 1. The number of ketones is 1. The summed E-state index contributed by atoms with van der Waals surface area (Å²) in [6.07, 6.45) is 1.58. The minimum absolute atomic E-state index is 0.199. The van der Waals surface area contributed by atoms with Crippen molar-refractivity contribution in [2.75, 3.05) is 20.3 Å². The van der Waals surface area contributed by atoms with Gasteiger partial charge in [0.05, 0.1) is 19.8 Å². The standard InChI is InChI=1S/C23H28N2O5/c1-7-13-25(22(27)17-9-11-18(29-6)12-10-17)16(5)21(26)19-14(3)20(24-15(19)4)23(28)30-8-2/h7,9-12,16,24H,1,8,13H2,2-6H3/t16-/m1/s1.